The van der Waals surface area contributed by atoms with Gasteiger partial charge in [0.05, 0.1) is 12.2 Å². The molecule has 1 rings (SSSR count). The first-order chi connectivity index (χ1) is 6.67. The van der Waals surface area contributed by atoms with Crippen molar-refractivity contribution in [3.8, 4) is 0 Å². The SMILES string of the molecule is CC[Si](CC)(CC)O[C@H]1CCC[C@H]1O. The van der Waals surface area contributed by atoms with Gasteiger partial charge < -0.3 is 9.53 Å². The minimum atomic E-state index is -1.48. The molecule has 0 aromatic carbocycles. The molecule has 0 amide bonds. The number of rotatable bonds is 5. The van der Waals surface area contributed by atoms with Gasteiger partial charge in [0, 0.05) is 0 Å². The Balaban J connectivity index is 2.54. The Morgan fingerprint density at radius 2 is 1.71 bits per heavy atom. The summed E-state index contributed by atoms with van der Waals surface area (Å²) in [7, 11) is -1.48. The highest BCUT2D eigenvalue weighted by atomic mass is 28.4. The van der Waals surface area contributed by atoms with Crippen LogP contribution in [-0.2, 0) is 4.43 Å². The van der Waals surface area contributed by atoms with Gasteiger partial charge in [0.2, 0.25) is 0 Å². The Hall–Kier alpha value is 0.137. The van der Waals surface area contributed by atoms with Gasteiger partial charge in [-0.2, -0.15) is 0 Å². The highest BCUT2D eigenvalue weighted by Gasteiger charge is 2.36. The molecule has 0 unspecified atom stereocenters. The topological polar surface area (TPSA) is 29.5 Å². The monoisotopic (exact) mass is 216 g/mol. The van der Waals surface area contributed by atoms with Gasteiger partial charge in [-0.1, -0.05) is 20.8 Å². The van der Waals surface area contributed by atoms with Gasteiger partial charge in [-0.25, -0.2) is 0 Å². The minimum absolute atomic E-state index is 0.154. The van der Waals surface area contributed by atoms with Gasteiger partial charge in [0.1, 0.15) is 0 Å². The molecule has 0 radical (unpaired) electrons. The Kier molecular flexibility index (Phi) is 4.61. The summed E-state index contributed by atoms with van der Waals surface area (Å²) in [6.45, 7) is 6.71. The van der Waals surface area contributed by atoms with Crippen molar-refractivity contribution in [3.63, 3.8) is 0 Å². The molecule has 0 spiro atoms. The van der Waals surface area contributed by atoms with Crippen LogP contribution in [0.3, 0.4) is 0 Å². The van der Waals surface area contributed by atoms with E-state index in [-0.39, 0.29) is 12.2 Å². The first-order valence-electron chi connectivity index (χ1n) is 6.03. The quantitative estimate of drug-likeness (QED) is 0.716. The van der Waals surface area contributed by atoms with E-state index >= 15 is 0 Å². The maximum absolute atomic E-state index is 9.74. The standard InChI is InChI=1S/C11H24O2Si/c1-4-14(5-2,6-3)13-11-9-7-8-10(11)12/h10-12H,4-9H2,1-3H3/t10-,11+/m1/s1. The van der Waals surface area contributed by atoms with Gasteiger partial charge in [-0.15, -0.1) is 0 Å². The lowest BCUT2D eigenvalue weighted by Crippen LogP contribution is -2.42. The molecular formula is C11H24O2Si. The molecule has 0 bridgehead atoms. The smallest absolute Gasteiger partial charge is 0.192 e. The lowest BCUT2D eigenvalue weighted by Gasteiger charge is -2.32. The average Bonchev–Trinajstić information content (AvgIpc) is 2.61. The molecule has 0 aromatic heterocycles. The highest BCUT2D eigenvalue weighted by Crippen LogP contribution is 2.30. The largest absolute Gasteiger partial charge is 0.411 e. The fourth-order valence-electron chi connectivity index (χ4n) is 2.37. The molecule has 1 saturated carbocycles. The first kappa shape index (κ1) is 12.2. The van der Waals surface area contributed by atoms with Gasteiger partial charge in [0.15, 0.2) is 8.32 Å². The molecule has 0 saturated heterocycles. The molecule has 2 atom stereocenters. The van der Waals surface area contributed by atoms with E-state index in [9.17, 15) is 5.11 Å². The summed E-state index contributed by atoms with van der Waals surface area (Å²) >= 11 is 0. The maximum atomic E-state index is 9.74. The van der Waals surface area contributed by atoms with Crippen molar-refractivity contribution in [1.29, 1.82) is 0 Å². The summed E-state index contributed by atoms with van der Waals surface area (Å²) in [6, 6.07) is 3.55. The summed E-state index contributed by atoms with van der Waals surface area (Å²) in [4.78, 5) is 0. The van der Waals surface area contributed by atoms with Crippen LogP contribution >= 0.6 is 0 Å². The molecular weight excluding hydrogens is 192 g/mol. The van der Waals surface area contributed by atoms with Crippen molar-refractivity contribution < 1.29 is 9.53 Å². The lowest BCUT2D eigenvalue weighted by molar-refractivity contribution is 0.0529. The molecule has 1 aliphatic carbocycles. The summed E-state index contributed by atoms with van der Waals surface area (Å²) in [6.07, 6.45) is 3.10. The predicted molar refractivity (Wildman–Crippen MR) is 61.9 cm³/mol. The van der Waals surface area contributed by atoms with E-state index in [1.807, 2.05) is 0 Å². The second-order valence-corrected chi connectivity index (χ2v) is 9.12. The van der Waals surface area contributed by atoms with E-state index in [0.29, 0.717) is 0 Å². The Morgan fingerprint density at radius 1 is 1.14 bits per heavy atom. The van der Waals surface area contributed by atoms with Crippen LogP contribution in [0.5, 0.6) is 0 Å². The number of hydrogen-bond donors (Lipinski definition) is 1. The summed E-state index contributed by atoms with van der Waals surface area (Å²) in [5.74, 6) is 0. The zero-order valence-electron chi connectivity index (χ0n) is 9.75. The number of aliphatic hydroxyl groups excluding tert-OH is 1. The second kappa shape index (κ2) is 5.28. The van der Waals surface area contributed by atoms with Gasteiger partial charge in [-0.3, -0.25) is 0 Å². The van der Waals surface area contributed by atoms with Crippen molar-refractivity contribution in [3.05, 3.63) is 0 Å². The summed E-state index contributed by atoms with van der Waals surface area (Å²) in [5, 5.41) is 9.74. The van der Waals surface area contributed by atoms with Crippen LogP contribution in [0.1, 0.15) is 40.0 Å². The molecule has 84 valence electrons. The molecule has 1 aliphatic rings. The Labute approximate surface area is 88.8 Å². The van der Waals surface area contributed by atoms with E-state index in [1.54, 1.807) is 0 Å². The molecule has 0 aliphatic heterocycles. The van der Waals surface area contributed by atoms with Crippen LogP contribution < -0.4 is 0 Å². The van der Waals surface area contributed by atoms with Crippen molar-refractivity contribution in [2.75, 3.05) is 0 Å². The molecule has 3 heteroatoms. The van der Waals surface area contributed by atoms with Gasteiger partial charge in [-0.05, 0) is 37.4 Å². The third kappa shape index (κ3) is 2.58. The van der Waals surface area contributed by atoms with Crippen molar-refractivity contribution in [1.82, 2.24) is 0 Å². The van der Waals surface area contributed by atoms with Crippen LogP contribution in [0.15, 0.2) is 0 Å². The van der Waals surface area contributed by atoms with E-state index < -0.39 is 8.32 Å². The fraction of sp³-hybridized carbons (Fsp3) is 1.00. The summed E-state index contributed by atoms with van der Waals surface area (Å²) in [5.41, 5.74) is 0. The normalized spacial score (nSPS) is 28.3. The summed E-state index contributed by atoms with van der Waals surface area (Å²) < 4.78 is 6.25. The van der Waals surface area contributed by atoms with Crippen molar-refractivity contribution in [2.24, 2.45) is 0 Å². The van der Waals surface area contributed by atoms with E-state index in [1.165, 1.54) is 18.1 Å². The van der Waals surface area contributed by atoms with Crippen LogP contribution in [-0.4, -0.2) is 25.6 Å². The van der Waals surface area contributed by atoms with E-state index in [4.69, 9.17) is 4.43 Å². The molecule has 0 heterocycles. The Bertz CT molecular complexity index is 160. The van der Waals surface area contributed by atoms with Gasteiger partial charge in [0.25, 0.3) is 0 Å². The first-order valence-corrected chi connectivity index (χ1v) is 8.56. The Morgan fingerprint density at radius 3 is 2.07 bits per heavy atom. The second-order valence-electron chi connectivity index (χ2n) is 4.40. The fourth-order valence-corrected chi connectivity index (χ4v) is 5.28. The molecule has 2 nitrogen and oxygen atoms in total. The number of hydrogen-bond acceptors (Lipinski definition) is 2. The van der Waals surface area contributed by atoms with Crippen LogP contribution in [0.4, 0.5) is 0 Å². The van der Waals surface area contributed by atoms with Crippen LogP contribution in [0.2, 0.25) is 18.1 Å². The average molecular weight is 216 g/mol. The molecule has 1 fully saturated rings. The predicted octanol–water partition coefficient (Wildman–Crippen LogP) is 2.92. The van der Waals surface area contributed by atoms with Crippen LogP contribution in [0, 0.1) is 0 Å². The lowest BCUT2D eigenvalue weighted by atomic mass is 10.3. The number of aliphatic hydroxyl groups is 1. The van der Waals surface area contributed by atoms with Crippen molar-refractivity contribution in [2.45, 2.75) is 70.4 Å². The van der Waals surface area contributed by atoms with E-state index in [2.05, 4.69) is 20.8 Å². The minimum Gasteiger partial charge on any atom is -0.411 e. The third-order valence-corrected chi connectivity index (χ3v) is 8.42. The molecule has 14 heavy (non-hydrogen) atoms. The van der Waals surface area contributed by atoms with Gasteiger partial charge >= 0.3 is 0 Å². The molecule has 0 aromatic rings. The maximum Gasteiger partial charge on any atom is 0.192 e. The zero-order valence-corrected chi connectivity index (χ0v) is 10.8. The zero-order chi connectivity index (χ0) is 10.6. The van der Waals surface area contributed by atoms with Crippen LogP contribution in [0.25, 0.3) is 0 Å². The third-order valence-electron chi connectivity index (χ3n) is 3.75. The van der Waals surface area contributed by atoms with Crippen molar-refractivity contribution >= 4 is 8.32 Å². The molecule has 1 N–H and O–H groups in total. The highest BCUT2D eigenvalue weighted by molar-refractivity contribution is 6.73. The van der Waals surface area contributed by atoms with E-state index in [0.717, 1.165) is 19.3 Å².